The SMILES string of the molecule is CN=C(NCc1ccc(S(C)(=O)=O)cc1)N1CCN(c2cccc(Cl)c2)CC1.I. The van der Waals surface area contributed by atoms with Gasteiger partial charge in [-0.1, -0.05) is 29.8 Å². The van der Waals surface area contributed by atoms with Crippen LogP contribution in [0.1, 0.15) is 5.56 Å². The Labute approximate surface area is 194 Å². The number of anilines is 1. The van der Waals surface area contributed by atoms with Crippen molar-refractivity contribution in [3.05, 3.63) is 59.1 Å². The maximum Gasteiger partial charge on any atom is 0.194 e. The summed E-state index contributed by atoms with van der Waals surface area (Å²) in [5.74, 6) is 0.845. The molecule has 2 aromatic carbocycles. The fraction of sp³-hybridized carbons (Fsp3) is 0.350. The molecular weight excluding hydrogens is 523 g/mol. The van der Waals surface area contributed by atoms with Gasteiger partial charge < -0.3 is 15.1 Å². The van der Waals surface area contributed by atoms with Crippen LogP contribution in [0.25, 0.3) is 0 Å². The highest BCUT2D eigenvalue weighted by Crippen LogP contribution is 2.20. The fourth-order valence-corrected chi connectivity index (χ4v) is 4.03. The van der Waals surface area contributed by atoms with E-state index in [1.165, 1.54) is 6.26 Å². The number of hydrogen-bond donors (Lipinski definition) is 1. The van der Waals surface area contributed by atoms with Gasteiger partial charge in [-0.25, -0.2) is 8.42 Å². The van der Waals surface area contributed by atoms with Crippen LogP contribution in [0.15, 0.2) is 58.4 Å². The molecule has 158 valence electrons. The highest BCUT2D eigenvalue weighted by Gasteiger charge is 2.20. The molecule has 0 aliphatic carbocycles. The summed E-state index contributed by atoms with van der Waals surface area (Å²) in [6.07, 6.45) is 1.21. The largest absolute Gasteiger partial charge is 0.368 e. The lowest BCUT2D eigenvalue weighted by Gasteiger charge is -2.37. The lowest BCUT2D eigenvalue weighted by Crippen LogP contribution is -2.52. The molecule has 9 heteroatoms. The zero-order chi connectivity index (χ0) is 20.1. The second-order valence-corrected chi connectivity index (χ2v) is 9.22. The van der Waals surface area contributed by atoms with Gasteiger partial charge in [-0.05, 0) is 35.9 Å². The van der Waals surface area contributed by atoms with Gasteiger partial charge in [0.25, 0.3) is 0 Å². The zero-order valence-corrected chi connectivity index (χ0v) is 20.4. The number of guanidine groups is 1. The van der Waals surface area contributed by atoms with Crippen LogP contribution in [0.5, 0.6) is 0 Å². The van der Waals surface area contributed by atoms with Crippen molar-refractivity contribution in [2.45, 2.75) is 11.4 Å². The third kappa shape index (κ3) is 6.48. The van der Waals surface area contributed by atoms with E-state index in [0.717, 1.165) is 48.4 Å². The van der Waals surface area contributed by atoms with E-state index >= 15 is 0 Å². The monoisotopic (exact) mass is 548 g/mol. The smallest absolute Gasteiger partial charge is 0.194 e. The van der Waals surface area contributed by atoms with Crippen molar-refractivity contribution >= 4 is 57.1 Å². The second kappa shape index (κ2) is 10.5. The lowest BCUT2D eigenvalue weighted by molar-refractivity contribution is 0.372. The van der Waals surface area contributed by atoms with Crippen molar-refractivity contribution in [3.8, 4) is 0 Å². The Morgan fingerprint density at radius 1 is 1.10 bits per heavy atom. The number of rotatable bonds is 4. The van der Waals surface area contributed by atoms with Crippen LogP contribution in [0.4, 0.5) is 5.69 Å². The van der Waals surface area contributed by atoms with E-state index in [1.807, 2.05) is 30.3 Å². The van der Waals surface area contributed by atoms with E-state index in [1.54, 1.807) is 19.2 Å². The third-order valence-electron chi connectivity index (χ3n) is 4.77. The van der Waals surface area contributed by atoms with Crippen LogP contribution < -0.4 is 10.2 Å². The van der Waals surface area contributed by atoms with Crippen LogP contribution in [-0.4, -0.2) is 58.8 Å². The molecule has 0 bridgehead atoms. The molecule has 0 aromatic heterocycles. The van der Waals surface area contributed by atoms with E-state index < -0.39 is 9.84 Å². The van der Waals surface area contributed by atoms with E-state index in [2.05, 4.69) is 26.2 Å². The third-order valence-corrected chi connectivity index (χ3v) is 6.13. The lowest BCUT2D eigenvalue weighted by atomic mass is 10.2. The number of nitrogens with one attached hydrogen (secondary N) is 1. The number of sulfone groups is 1. The molecule has 0 saturated carbocycles. The molecule has 29 heavy (non-hydrogen) atoms. The molecule has 0 radical (unpaired) electrons. The van der Waals surface area contributed by atoms with E-state index in [-0.39, 0.29) is 24.0 Å². The molecule has 0 unspecified atom stereocenters. The first-order chi connectivity index (χ1) is 13.4. The highest BCUT2D eigenvalue weighted by molar-refractivity contribution is 14.0. The topological polar surface area (TPSA) is 65.0 Å². The number of nitrogens with zero attached hydrogens (tertiary/aromatic N) is 3. The van der Waals surface area contributed by atoms with Gasteiger partial charge in [-0.3, -0.25) is 4.99 Å². The minimum Gasteiger partial charge on any atom is -0.368 e. The minimum absolute atomic E-state index is 0. The van der Waals surface area contributed by atoms with E-state index in [9.17, 15) is 8.42 Å². The maximum absolute atomic E-state index is 11.6. The van der Waals surface area contributed by atoms with Crippen LogP contribution >= 0.6 is 35.6 Å². The fourth-order valence-electron chi connectivity index (χ4n) is 3.22. The number of halogens is 2. The maximum atomic E-state index is 11.6. The number of piperazine rings is 1. The van der Waals surface area contributed by atoms with Crippen molar-refractivity contribution in [3.63, 3.8) is 0 Å². The highest BCUT2D eigenvalue weighted by atomic mass is 127. The summed E-state index contributed by atoms with van der Waals surface area (Å²) in [5.41, 5.74) is 2.15. The molecular formula is C20H26ClIN4O2S. The molecule has 1 aliphatic rings. The molecule has 1 saturated heterocycles. The summed E-state index contributed by atoms with van der Waals surface area (Å²) in [6, 6.07) is 14.9. The Balaban J connectivity index is 0.00000300. The Kier molecular flexibility index (Phi) is 8.59. The van der Waals surface area contributed by atoms with Crippen molar-refractivity contribution in [1.29, 1.82) is 0 Å². The van der Waals surface area contributed by atoms with Gasteiger partial charge >= 0.3 is 0 Å². The molecule has 1 aliphatic heterocycles. The van der Waals surface area contributed by atoms with Crippen molar-refractivity contribution in [1.82, 2.24) is 10.2 Å². The molecule has 6 nitrogen and oxygen atoms in total. The summed E-state index contributed by atoms with van der Waals surface area (Å²) in [7, 11) is -1.39. The van der Waals surface area contributed by atoms with Crippen molar-refractivity contribution < 1.29 is 8.42 Å². The summed E-state index contributed by atoms with van der Waals surface area (Å²) >= 11 is 6.10. The second-order valence-electron chi connectivity index (χ2n) is 6.77. The first kappa shape index (κ1) is 23.8. The zero-order valence-electron chi connectivity index (χ0n) is 16.5. The minimum atomic E-state index is -3.17. The number of aliphatic imine (C=N–C) groups is 1. The van der Waals surface area contributed by atoms with Crippen LogP contribution in [0.3, 0.4) is 0 Å². The average molecular weight is 549 g/mol. The van der Waals surface area contributed by atoms with Gasteiger partial charge in [0.2, 0.25) is 0 Å². The normalized spacial score (nSPS) is 15.1. The quantitative estimate of drug-likeness (QED) is 0.361. The first-order valence-electron chi connectivity index (χ1n) is 9.12. The van der Waals surface area contributed by atoms with Crippen LogP contribution in [0, 0.1) is 0 Å². The Morgan fingerprint density at radius 2 is 1.76 bits per heavy atom. The van der Waals surface area contributed by atoms with Crippen LogP contribution in [0.2, 0.25) is 5.02 Å². The molecule has 0 atom stereocenters. The summed E-state index contributed by atoms with van der Waals surface area (Å²) < 4.78 is 23.1. The van der Waals surface area contributed by atoms with Gasteiger partial charge in [-0.2, -0.15) is 0 Å². The molecule has 3 rings (SSSR count). The molecule has 0 spiro atoms. The Bertz CT molecular complexity index is 943. The van der Waals surface area contributed by atoms with Gasteiger partial charge in [0, 0.05) is 56.7 Å². The molecule has 1 fully saturated rings. The summed E-state index contributed by atoms with van der Waals surface area (Å²) in [5, 5.41) is 4.11. The summed E-state index contributed by atoms with van der Waals surface area (Å²) in [6.45, 7) is 4.10. The number of benzene rings is 2. The summed E-state index contributed by atoms with van der Waals surface area (Å²) in [4.78, 5) is 9.27. The molecule has 1 N–H and O–H groups in total. The predicted octanol–water partition coefficient (Wildman–Crippen LogP) is 3.26. The molecule has 0 amide bonds. The first-order valence-corrected chi connectivity index (χ1v) is 11.4. The van der Waals surface area contributed by atoms with E-state index in [0.29, 0.717) is 11.4 Å². The average Bonchev–Trinajstić information content (AvgIpc) is 2.69. The number of hydrogen-bond acceptors (Lipinski definition) is 4. The van der Waals surface area contributed by atoms with Gasteiger partial charge in [-0.15, -0.1) is 24.0 Å². The standard InChI is InChI=1S/C20H25ClN4O2S.HI/c1-22-20(23-15-16-6-8-19(9-7-16)28(2,26)27)25-12-10-24(11-13-25)18-5-3-4-17(21)14-18;/h3-9,14H,10-13,15H2,1-2H3,(H,22,23);1H. The van der Waals surface area contributed by atoms with Crippen molar-refractivity contribution in [2.75, 3.05) is 44.4 Å². The van der Waals surface area contributed by atoms with Crippen LogP contribution in [-0.2, 0) is 16.4 Å². The Hall–Kier alpha value is -1.52. The predicted molar refractivity (Wildman–Crippen MR) is 130 cm³/mol. The Morgan fingerprint density at radius 3 is 2.31 bits per heavy atom. The molecule has 2 aromatic rings. The molecule has 1 heterocycles. The van der Waals surface area contributed by atoms with Crippen molar-refractivity contribution in [2.24, 2.45) is 4.99 Å². The van der Waals surface area contributed by atoms with Gasteiger partial charge in [0.1, 0.15) is 0 Å². The van der Waals surface area contributed by atoms with E-state index in [4.69, 9.17) is 11.6 Å². The van der Waals surface area contributed by atoms with Gasteiger partial charge in [0.05, 0.1) is 4.90 Å². The van der Waals surface area contributed by atoms with Gasteiger partial charge in [0.15, 0.2) is 15.8 Å².